The number of hydrogen-bond donors (Lipinski definition) is 6. The highest BCUT2D eigenvalue weighted by Gasteiger charge is 2.68. The molecule has 22 nitrogen and oxygen atoms in total. The first-order valence-electron chi connectivity index (χ1n) is 37.8. The van der Waals surface area contributed by atoms with Gasteiger partial charge in [0.2, 0.25) is 5.60 Å². The number of benzene rings is 9. The Labute approximate surface area is 640 Å². The van der Waals surface area contributed by atoms with Gasteiger partial charge < -0.3 is 87.1 Å². The molecule has 0 aliphatic carbocycles. The number of thioether (sulfide) groups is 1. The van der Waals surface area contributed by atoms with Crippen LogP contribution >= 0.6 is 22.2 Å². The van der Waals surface area contributed by atoms with E-state index in [0.29, 0.717) is 26.1 Å². The van der Waals surface area contributed by atoms with E-state index in [9.17, 15) is 34.5 Å². The second kappa shape index (κ2) is 22.8. The number of fused-ring (bicyclic) bond motifs is 39. The minimum atomic E-state index is -1.48. The van der Waals surface area contributed by atoms with Crippen molar-refractivity contribution in [3.63, 3.8) is 0 Å². The number of hydrogen-bond acceptors (Lipinski definition) is 14. The molecular formula is C87H79N9O13S2. The SMILES string of the molecule is C=S(C)Cc1ccc2c(c1)c1c3c(c4c5cc(CSCC)ccc5n5c4c1n2C1(C)OC5CC1(OC)C(=O)OC)C(=O)NC3.CC12OC(CC1(O)CO)n1c3ccccc3c3c4c(c5c6ccccc6n2c5c31)CNC4=O.COC1(CO)CC2OC1(C)n1c3ccccc3c3c4c(c5c6ccccc6n2c5c31)C(=O)NC4. The third-order valence-electron chi connectivity index (χ3n) is 26.7. The molecule has 3 saturated heterocycles. The number of nitrogens with zero attached hydrogens (tertiary/aromatic N) is 6. The number of esters is 1. The molecule has 24 rings (SSSR count). The maximum absolute atomic E-state index is 13.8. The molecule has 15 aromatic rings. The number of nitrogens with one attached hydrogen (secondary N) is 3. The van der Waals surface area contributed by atoms with Crippen LogP contribution in [0.1, 0.15) is 125 Å². The maximum atomic E-state index is 13.8. The molecule has 9 aliphatic rings. The third kappa shape index (κ3) is 8.00. The third-order valence-corrected chi connectivity index (χ3v) is 28.5. The Hall–Kier alpha value is -10.1. The quantitative estimate of drug-likeness (QED) is 0.0551. The van der Waals surface area contributed by atoms with Crippen molar-refractivity contribution in [2.75, 3.05) is 46.6 Å². The lowest BCUT2D eigenvalue weighted by Crippen LogP contribution is -2.57. The van der Waals surface area contributed by atoms with Gasteiger partial charge in [0.15, 0.2) is 17.2 Å². The predicted octanol–water partition coefficient (Wildman–Crippen LogP) is 14.0. The summed E-state index contributed by atoms with van der Waals surface area (Å²) in [6.45, 7) is 8.78. The zero-order valence-electron chi connectivity index (χ0n) is 62.3. The van der Waals surface area contributed by atoms with Crippen LogP contribution in [-0.2, 0) is 81.5 Å². The summed E-state index contributed by atoms with van der Waals surface area (Å²) in [6.07, 6.45) is 1.73. The van der Waals surface area contributed by atoms with Crippen LogP contribution in [0, 0.1) is 0 Å². The van der Waals surface area contributed by atoms with E-state index in [4.69, 9.17) is 28.4 Å². The van der Waals surface area contributed by atoms with E-state index in [0.717, 1.165) is 181 Å². The topological polar surface area (TPSA) is 250 Å². The van der Waals surface area contributed by atoms with Crippen molar-refractivity contribution in [1.82, 2.24) is 43.4 Å². The summed E-state index contributed by atoms with van der Waals surface area (Å²) < 4.78 is 51.4. The summed E-state index contributed by atoms with van der Waals surface area (Å²) in [5.74, 6) is 6.40. The highest BCUT2D eigenvalue weighted by atomic mass is 32.2. The molecule has 15 heterocycles. The lowest BCUT2D eigenvalue weighted by Gasteiger charge is -2.41. The second-order valence-electron chi connectivity index (χ2n) is 31.7. The van der Waals surface area contributed by atoms with Gasteiger partial charge in [0.1, 0.15) is 29.9 Å². The molecule has 6 aromatic heterocycles. The first-order chi connectivity index (χ1) is 53.7. The van der Waals surface area contributed by atoms with Crippen molar-refractivity contribution in [1.29, 1.82) is 0 Å². The van der Waals surface area contributed by atoms with Crippen LogP contribution in [0.2, 0.25) is 0 Å². The molecule has 111 heavy (non-hydrogen) atoms. The van der Waals surface area contributed by atoms with Gasteiger partial charge in [-0.1, -0.05) is 97.7 Å². The lowest BCUT2D eigenvalue weighted by atomic mass is 9.88. The number of aliphatic hydroxyl groups excluding tert-OH is 2. The Balaban J connectivity index is 0.000000104. The Morgan fingerprint density at radius 2 is 0.919 bits per heavy atom. The Morgan fingerprint density at radius 3 is 1.41 bits per heavy atom. The van der Waals surface area contributed by atoms with Crippen molar-refractivity contribution in [2.45, 2.75) is 131 Å². The van der Waals surface area contributed by atoms with Gasteiger partial charge in [0.05, 0.1) is 103 Å². The fourth-order valence-electron chi connectivity index (χ4n) is 21.9. The van der Waals surface area contributed by atoms with Crippen molar-refractivity contribution in [2.24, 2.45) is 0 Å². The van der Waals surface area contributed by atoms with Crippen LogP contribution in [-0.4, -0.2) is 136 Å². The molecule has 0 saturated carbocycles. The smallest absolute Gasteiger partial charge is 0.343 e. The van der Waals surface area contributed by atoms with Crippen LogP contribution in [0.4, 0.5) is 0 Å². The molecule has 3 amide bonds. The molecule has 9 aromatic carbocycles. The molecule has 0 radical (unpaired) electrons. The number of para-hydroxylation sites is 4. The van der Waals surface area contributed by atoms with Crippen LogP contribution < -0.4 is 16.0 Å². The van der Waals surface area contributed by atoms with E-state index in [1.807, 2.05) is 99.3 Å². The largest absolute Gasteiger partial charge is 0.467 e. The minimum Gasteiger partial charge on any atom is -0.467 e. The Kier molecular flexibility index (Phi) is 13.9. The van der Waals surface area contributed by atoms with Crippen molar-refractivity contribution in [3.8, 4) is 0 Å². The summed E-state index contributed by atoms with van der Waals surface area (Å²) >= 11 is 1.87. The number of aromatic nitrogens is 6. The van der Waals surface area contributed by atoms with Crippen LogP contribution in [0.25, 0.3) is 131 Å². The van der Waals surface area contributed by atoms with E-state index < -0.39 is 59.0 Å². The number of methoxy groups -OCH3 is 3. The summed E-state index contributed by atoms with van der Waals surface area (Å²) in [5, 5.41) is 54.2. The molecule has 6 N–H and O–H groups in total. The van der Waals surface area contributed by atoms with E-state index in [-0.39, 0.29) is 53.9 Å². The van der Waals surface area contributed by atoms with Gasteiger partial charge in [0.25, 0.3) is 17.7 Å². The second-order valence-corrected chi connectivity index (χ2v) is 34.9. The molecule has 10 atom stereocenters. The summed E-state index contributed by atoms with van der Waals surface area (Å²) in [4.78, 5) is 53.9. The van der Waals surface area contributed by atoms with E-state index in [2.05, 4.69) is 129 Å². The number of rotatable bonds is 10. The fourth-order valence-corrected chi connectivity index (χ4v) is 23.3. The molecule has 6 bridgehead atoms. The number of amides is 3. The number of carbonyl (C=O) groups is 4. The molecule has 24 heteroatoms. The van der Waals surface area contributed by atoms with Gasteiger partial charge in [-0.15, -0.1) is 0 Å². The molecule has 562 valence electrons. The standard InChI is InChI=1S/C34H35N3O5S2.C27H23N3O4.C26H21N3O4/c1-7-43-16-18-8-10-23-20(12-18)27-28-22(15-35-31(28)38)26-21-13-19(17-44(5)6)9-11-24(21)37-30(26)29(27)36(23)25-14-34(41-4,32(39)40-3)33(37,2)42-25;1-26-27(13-31,33-2)11-19(34-26)29-17-9-5-3-7-14(17)21-22-16(12-28-25(22)32)20-15-8-4-6-10-18(15)30(26)24(20)23(21)29;1-25-26(32,12-30)10-18(33-25)28-16-8-4-2-6-13(16)20-21-15(11-27-24(21)31)19-14-7-3-5-9-17(14)29(25)23(19)22(20)28/h8-13,25H,5,7,14-17H2,1-4,6H3,(H,35,38);3-10,19,31H,11-13H2,1-2H3,(H,28,32);2-9,18,30,32H,10-12H2,1H3,(H,27,31). The zero-order chi connectivity index (χ0) is 76.0. The van der Waals surface area contributed by atoms with Crippen molar-refractivity contribution in [3.05, 3.63) is 178 Å². The van der Waals surface area contributed by atoms with Gasteiger partial charge in [-0.25, -0.2) is 4.79 Å². The van der Waals surface area contributed by atoms with Gasteiger partial charge in [-0.2, -0.15) is 22.2 Å². The van der Waals surface area contributed by atoms with Crippen LogP contribution in [0.3, 0.4) is 0 Å². The molecule has 9 aliphatic heterocycles. The number of carbonyl (C=O) groups excluding carboxylic acids is 4. The Bertz CT molecular complexity index is 6900. The summed E-state index contributed by atoms with van der Waals surface area (Å²) in [7, 11) is 4.57. The van der Waals surface area contributed by atoms with Crippen molar-refractivity contribution < 1.29 is 62.9 Å². The summed E-state index contributed by atoms with van der Waals surface area (Å²) in [6, 6.07) is 45.6. The monoisotopic (exact) mass is 1520 g/mol. The van der Waals surface area contributed by atoms with Crippen LogP contribution in [0.5, 0.6) is 0 Å². The molecular weight excluding hydrogens is 1440 g/mol. The lowest BCUT2D eigenvalue weighted by molar-refractivity contribution is -0.210. The van der Waals surface area contributed by atoms with Crippen molar-refractivity contribution >= 4 is 183 Å². The minimum absolute atomic E-state index is 0.0280. The maximum Gasteiger partial charge on any atom is 0.343 e. The molecule has 0 spiro atoms. The number of ether oxygens (including phenoxy) is 6. The fraction of sp³-hybridized carbons (Fsp3) is 0.322. The van der Waals surface area contributed by atoms with Gasteiger partial charge in [-0.05, 0) is 109 Å². The first kappa shape index (κ1) is 67.8. The van der Waals surface area contributed by atoms with Crippen LogP contribution in [0.15, 0.2) is 133 Å². The zero-order valence-corrected chi connectivity index (χ0v) is 64.0. The van der Waals surface area contributed by atoms with Gasteiger partial charge in [0, 0.05) is 129 Å². The van der Waals surface area contributed by atoms with E-state index in [1.165, 1.54) is 18.2 Å². The van der Waals surface area contributed by atoms with Gasteiger partial charge in [-0.3, -0.25) is 14.4 Å². The highest BCUT2D eigenvalue weighted by molar-refractivity contribution is 8.12. The van der Waals surface area contributed by atoms with E-state index >= 15 is 0 Å². The average Bonchev–Trinajstić information content (AvgIpc) is 1.50. The normalized spacial score (nSPS) is 26.4. The first-order valence-corrected chi connectivity index (χ1v) is 41.0. The highest BCUT2D eigenvalue weighted by Crippen LogP contribution is 2.63. The molecule has 3 fully saturated rings. The number of aliphatic hydroxyl groups is 3. The summed E-state index contributed by atoms with van der Waals surface area (Å²) in [5.41, 5.74) is 12.0. The Morgan fingerprint density at radius 1 is 0.514 bits per heavy atom. The average molecular weight is 1520 g/mol. The predicted molar refractivity (Wildman–Crippen MR) is 433 cm³/mol. The van der Waals surface area contributed by atoms with Gasteiger partial charge >= 0.3 is 5.97 Å². The van der Waals surface area contributed by atoms with E-state index in [1.54, 1.807) is 14.2 Å². The molecule has 10 unspecified atom stereocenters.